The van der Waals surface area contributed by atoms with E-state index < -0.39 is 0 Å². The van der Waals surface area contributed by atoms with E-state index in [1.807, 2.05) is 0 Å². The molecular formula is C13H23NO3. The maximum absolute atomic E-state index is 11.5. The molecule has 1 saturated heterocycles. The maximum Gasteiger partial charge on any atom is 0.308 e. The van der Waals surface area contributed by atoms with Gasteiger partial charge in [-0.1, -0.05) is 6.42 Å². The predicted octanol–water partition coefficient (Wildman–Crippen LogP) is 1.49. The minimum atomic E-state index is -0.0720. The third-order valence-corrected chi connectivity index (χ3v) is 3.86. The van der Waals surface area contributed by atoms with Gasteiger partial charge in [-0.05, 0) is 38.6 Å². The zero-order chi connectivity index (χ0) is 12.1. The van der Waals surface area contributed by atoms with Gasteiger partial charge in [-0.15, -0.1) is 0 Å². The van der Waals surface area contributed by atoms with Crippen LogP contribution in [0.25, 0.3) is 0 Å². The summed E-state index contributed by atoms with van der Waals surface area (Å²) >= 11 is 0. The highest BCUT2D eigenvalue weighted by molar-refractivity contribution is 5.72. The van der Waals surface area contributed by atoms with E-state index in [0.717, 1.165) is 38.8 Å². The van der Waals surface area contributed by atoms with Gasteiger partial charge in [-0.3, -0.25) is 4.79 Å². The summed E-state index contributed by atoms with van der Waals surface area (Å²) in [6.07, 6.45) is 6.66. The normalized spacial score (nSPS) is 33.6. The van der Waals surface area contributed by atoms with Crippen molar-refractivity contribution in [3.63, 3.8) is 0 Å². The summed E-state index contributed by atoms with van der Waals surface area (Å²) in [5, 5.41) is 3.42. The lowest BCUT2D eigenvalue weighted by atomic mass is 9.87. The second kappa shape index (κ2) is 6.36. The molecule has 17 heavy (non-hydrogen) atoms. The van der Waals surface area contributed by atoms with Crippen LogP contribution in [-0.4, -0.2) is 38.4 Å². The smallest absolute Gasteiger partial charge is 0.308 e. The van der Waals surface area contributed by atoms with Crippen LogP contribution in [0.15, 0.2) is 0 Å². The highest BCUT2D eigenvalue weighted by Crippen LogP contribution is 2.27. The number of ether oxygens (including phenoxy) is 2. The first kappa shape index (κ1) is 12.8. The monoisotopic (exact) mass is 241 g/mol. The molecule has 4 heteroatoms. The Kier molecular flexibility index (Phi) is 4.80. The number of rotatable bonds is 4. The van der Waals surface area contributed by atoms with Gasteiger partial charge in [0.2, 0.25) is 0 Å². The average molecular weight is 241 g/mol. The number of methoxy groups -OCH3 is 1. The Morgan fingerprint density at radius 3 is 2.88 bits per heavy atom. The predicted molar refractivity (Wildman–Crippen MR) is 64.7 cm³/mol. The molecule has 3 atom stereocenters. The third kappa shape index (κ3) is 3.68. The first-order valence-electron chi connectivity index (χ1n) is 6.72. The van der Waals surface area contributed by atoms with E-state index in [0.29, 0.717) is 6.04 Å². The van der Waals surface area contributed by atoms with Crippen molar-refractivity contribution >= 4 is 5.97 Å². The molecule has 0 aromatic rings. The van der Waals surface area contributed by atoms with Gasteiger partial charge in [0.05, 0.1) is 25.7 Å². The molecule has 1 heterocycles. The van der Waals surface area contributed by atoms with Crippen molar-refractivity contribution < 1.29 is 14.3 Å². The third-order valence-electron chi connectivity index (χ3n) is 3.86. The average Bonchev–Trinajstić information content (AvgIpc) is 2.89. The lowest BCUT2D eigenvalue weighted by Crippen LogP contribution is -2.33. The van der Waals surface area contributed by atoms with E-state index in [-0.39, 0.29) is 18.0 Å². The van der Waals surface area contributed by atoms with Crippen LogP contribution in [0.2, 0.25) is 0 Å². The zero-order valence-electron chi connectivity index (χ0n) is 10.6. The van der Waals surface area contributed by atoms with E-state index >= 15 is 0 Å². The topological polar surface area (TPSA) is 47.6 Å². The number of nitrogens with one attached hydrogen (secondary N) is 1. The fourth-order valence-corrected chi connectivity index (χ4v) is 2.83. The van der Waals surface area contributed by atoms with Crippen molar-refractivity contribution in [3.05, 3.63) is 0 Å². The van der Waals surface area contributed by atoms with Gasteiger partial charge in [-0.2, -0.15) is 0 Å². The quantitative estimate of drug-likeness (QED) is 0.757. The molecule has 0 aromatic carbocycles. The summed E-state index contributed by atoms with van der Waals surface area (Å²) in [6, 6.07) is 0.522. The van der Waals surface area contributed by atoms with Crippen LogP contribution in [-0.2, 0) is 14.3 Å². The molecule has 1 N–H and O–H groups in total. The Balaban J connectivity index is 1.71. The van der Waals surface area contributed by atoms with Gasteiger partial charge in [-0.25, -0.2) is 0 Å². The van der Waals surface area contributed by atoms with Crippen molar-refractivity contribution in [3.8, 4) is 0 Å². The number of esters is 1. The Hall–Kier alpha value is -0.610. The Morgan fingerprint density at radius 1 is 1.29 bits per heavy atom. The van der Waals surface area contributed by atoms with Crippen molar-refractivity contribution in [2.24, 2.45) is 5.92 Å². The van der Waals surface area contributed by atoms with E-state index in [1.165, 1.54) is 20.0 Å². The van der Waals surface area contributed by atoms with Gasteiger partial charge < -0.3 is 14.8 Å². The molecule has 2 unspecified atom stereocenters. The summed E-state index contributed by atoms with van der Waals surface area (Å²) in [5.74, 6) is -0.0208. The lowest BCUT2D eigenvalue weighted by molar-refractivity contribution is -0.148. The number of hydrogen-bond donors (Lipinski definition) is 1. The highest BCUT2D eigenvalue weighted by Gasteiger charge is 2.29. The van der Waals surface area contributed by atoms with E-state index in [2.05, 4.69) is 5.32 Å². The van der Waals surface area contributed by atoms with Crippen molar-refractivity contribution in [2.75, 3.05) is 20.3 Å². The van der Waals surface area contributed by atoms with E-state index in [9.17, 15) is 4.79 Å². The molecule has 0 spiro atoms. The van der Waals surface area contributed by atoms with Crippen LogP contribution in [0.3, 0.4) is 0 Å². The minimum Gasteiger partial charge on any atom is -0.469 e. The largest absolute Gasteiger partial charge is 0.469 e. The molecular weight excluding hydrogens is 218 g/mol. The number of hydrogen-bond acceptors (Lipinski definition) is 4. The van der Waals surface area contributed by atoms with Gasteiger partial charge in [0.1, 0.15) is 0 Å². The molecule has 2 rings (SSSR count). The molecule has 1 saturated carbocycles. The fraction of sp³-hybridized carbons (Fsp3) is 0.923. The molecule has 2 fully saturated rings. The molecule has 0 radical (unpaired) electrons. The van der Waals surface area contributed by atoms with Gasteiger partial charge in [0.15, 0.2) is 0 Å². The summed E-state index contributed by atoms with van der Waals surface area (Å²) in [7, 11) is 1.47. The van der Waals surface area contributed by atoms with Crippen LogP contribution >= 0.6 is 0 Å². The number of carbonyl (C=O) groups is 1. The molecule has 0 bridgehead atoms. The summed E-state index contributed by atoms with van der Waals surface area (Å²) in [6.45, 7) is 1.90. The SMILES string of the molecule is COC(=O)C1CCCC(OC[C@@H]2CCCN2)C1. The highest BCUT2D eigenvalue weighted by atomic mass is 16.5. The van der Waals surface area contributed by atoms with Crippen LogP contribution < -0.4 is 5.32 Å². The zero-order valence-corrected chi connectivity index (χ0v) is 10.6. The first-order chi connectivity index (χ1) is 8.29. The summed E-state index contributed by atoms with van der Waals surface area (Å²) in [4.78, 5) is 11.5. The van der Waals surface area contributed by atoms with Gasteiger partial charge >= 0.3 is 5.97 Å². The molecule has 2 aliphatic rings. The second-order valence-corrected chi connectivity index (χ2v) is 5.14. The van der Waals surface area contributed by atoms with Crippen molar-refractivity contribution in [1.29, 1.82) is 0 Å². The molecule has 98 valence electrons. The van der Waals surface area contributed by atoms with Crippen molar-refractivity contribution in [2.45, 2.75) is 50.7 Å². The van der Waals surface area contributed by atoms with E-state index in [4.69, 9.17) is 9.47 Å². The van der Waals surface area contributed by atoms with Crippen LogP contribution in [0.1, 0.15) is 38.5 Å². The Labute approximate surface area is 103 Å². The van der Waals surface area contributed by atoms with Crippen LogP contribution in [0.4, 0.5) is 0 Å². The van der Waals surface area contributed by atoms with Gasteiger partial charge in [0.25, 0.3) is 0 Å². The fourth-order valence-electron chi connectivity index (χ4n) is 2.83. The van der Waals surface area contributed by atoms with Crippen molar-refractivity contribution in [1.82, 2.24) is 5.32 Å². The second-order valence-electron chi connectivity index (χ2n) is 5.14. The molecule has 0 amide bonds. The minimum absolute atomic E-state index is 0.0512. The first-order valence-corrected chi connectivity index (χ1v) is 6.72. The van der Waals surface area contributed by atoms with Crippen LogP contribution in [0, 0.1) is 5.92 Å². The molecule has 1 aliphatic carbocycles. The van der Waals surface area contributed by atoms with Gasteiger partial charge in [0, 0.05) is 6.04 Å². The number of carbonyl (C=O) groups excluding carboxylic acids is 1. The summed E-state index contributed by atoms with van der Waals surface area (Å²) < 4.78 is 10.7. The standard InChI is InChI=1S/C13H23NO3/c1-16-13(15)10-4-2-6-12(8-10)17-9-11-5-3-7-14-11/h10-12,14H,2-9H2,1H3/t10?,11-,12?/m0/s1. The van der Waals surface area contributed by atoms with E-state index in [1.54, 1.807) is 0 Å². The molecule has 4 nitrogen and oxygen atoms in total. The maximum atomic E-state index is 11.5. The van der Waals surface area contributed by atoms with Crippen LogP contribution in [0.5, 0.6) is 0 Å². The lowest BCUT2D eigenvalue weighted by Gasteiger charge is -2.28. The Bertz CT molecular complexity index is 251. The molecule has 0 aromatic heterocycles. The molecule has 1 aliphatic heterocycles. The Morgan fingerprint density at radius 2 is 2.18 bits per heavy atom. The summed E-state index contributed by atoms with van der Waals surface area (Å²) in [5.41, 5.74) is 0.